The highest BCUT2D eigenvalue weighted by Gasteiger charge is 2.06. The van der Waals surface area contributed by atoms with Crippen LogP contribution in [0, 0.1) is 0 Å². The molecule has 0 amide bonds. The molecule has 2 rings (SSSR count). The van der Waals surface area contributed by atoms with E-state index in [9.17, 15) is 0 Å². The molecule has 0 N–H and O–H groups in total. The van der Waals surface area contributed by atoms with Crippen LogP contribution in [0.3, 0.4) is 0 Å². The van der Waals surface area contributed by atoms with Gasteiger partial charge < -0.3 is 14.2 Å². The molecule has 0 atom stereocenters. The van der Waals surface area contributed by atoms with E-state index in [2.05, 4.69) is 0 Å². The number of para-hydroxylation sites is 1. The number of halogens is 2. The number of rotatable bonds is 6. The Labute approximate surface area is 128 Å². The largest absolute Gasteiger partial charge is 0.497 e. The summed E-state index contributed by atoms with van der Waals surface area (Å²) in [6.45, 7) is 0.732. The fourth-order valence-electron chi connectivity index (χ4n) is 1.61. The number of hydrogen-bond donors (Lipinski definition) is 0. The molecule has 2 aromatic rings. The molecule has 0 fully saturated rings. The molecule has 3 nitrogen and oxygen atoms in total. The summed E-state index contributed by atoms with van der Waals surface area (Å²) in [7, 11) is 1.61. The van der Waals surface area contributed by atoms with Gasteiger partial charge in [-0.1, -0.05) is 35.3 Å². The van der Waals surface area contributed by atoms with Gasteiger partial charge in [0, 0.05) is 6.07 Å². The van der Waals surface area contributed by atoms with Crippen LogP contribution < -0.4 is 14.2 Å². The maximum Gasteiger partial charge on any atom is 0.156 e. The van der Waals surface area contributed by atoms with E-state index in [4.69, 9.17) is 37.4 Å². The van der Waals surface area contributed by atoms with E-state index in [-0.39, 0.29) is 0 Å². The van der Waals surface area contributed by atoms with Gasteiger partial charge in [0.1, 0.15) is 24.7 Å². The quantitative estimate of drug-likeness (QED) is 0.737. The standard InChI is InChI=1S/C15H14Cl2O3/c1-18-11-4-2-5-12(10-11)19-8-9-20-15-13(16)6-3-7-14(15)17/h2-7,10H,8-9H2,1H3. The lowest BCUT2D eigenvalue weighted by Gasteiger charge is -2.11. The number of benzene rings is 2. The fraction of sp³-hybridized carbons (Fsp3) is 0.200. The monoisotopic (exact) mass is 312 g/mol. The van der Waals surface area contributed by atoms with Crippen LogP contribution in [-0.2, 0) is 0 Å². The van der Waals surface area contributed by atoms with Gasteiger partial charge in [-0.05, 0) is 24.3 Å². The van der Waals surface area contributed by atoms with Crippen LogP contribution in [0.4, 0.5) is 0 Å². The topological polar surface area (TPSA) is 27.7 Å². The third kappa shape index (κ3) is 3.95. The summed E-state index contributed by atoms with van der Waals surface area (Å²) in [4.78, 5) is 0. The average Bonchev–Trinajstić information content (AvgIpc) is 2.46. The van der Waals surface area contributed by atoms with Crippen LogP contribution in [0.5, 0.6) is 17.2 Å². The van der Waals surface area contributed by atoms with E-state index in [1.807, 2.05) is 24.3 Å². The lowest BCUT2D eigenvalue weighted by molar-refractivity contribution is 0.217. The van der Waals surface area contributed by atoms with Gasteiger partial charge in [0.25, 0.3) is 0 Å². The molecule has 20 heavy (non-hydrogen) atoms. The molecule has 0 aliphatic rings. The SMILES string of the molecule is COc1cccc(OCCOc2c(Cl)cccc2Cl)c1. The van der Waals surface area contributed by atoms with Gasteiger partial charge in [-0.25, -0.2) is 0 Å². The third-order valence-corrected chi connectivity index (χ3v) is 3.15. The zero-order valence-electron chi connectivity index (χ0n) is 10.9. The first-order chi connectivity index (χ1) is 9.70. The van der Waals surface area contributed by atoms with E-state index in [1.165, 1.54) is 0 Å². The van der Waals surface area contributed by atoms with E-state index >= 15 is 0 Å². The summed E-state index contributed by atoms with van der Waals surface area (Å²) >= 11 is 12.0. The lowest BCUT2D eigenvalue weighted by atomic mass is 10.3. The zero-order valence-corrected chi connectivity index (χ0v) is 12.4. The van der Waals surface area contributed by atoms with Crippen LogP contribution in [-0.4, -0.2) is 20.3 Å². The van der Waals surface area contributed by atoms with E-state index in [0.29, 0.717) is 29.0 Å². The molecule has 0 aromatic heterocycles. The van der Waals surface area contributed by atoms with Crippen molar-refractivity contribution in [2.75, 3.05) is 20.3 Å². The minimum Gasteiger partial charge on any atom is -0.497 e. The van der Waals surface area contributed by atoms with Crippen LogP contribution in [0.2, 0.25) is 10.0 Å². The molecular weight excluding hydrogens is 299 g/mol. The minimum atomic E-state index is 0.348. The highest BCUT2D eigenvalue weighted by molar-refractivity contribution is 6.37. The highest BCUT2D eigenvalue weighted by Crippen LogP contribution is 2.32. The summed E-state index contributed by atoms with van der Waals surface area (Å²) in [5.74, 6) is 1.95. The smallest absolute Gasteiger partial charge is 0.156 e. The summed E-state index contributed by atoms with van der Waals surface area (Å²) in [5, 5.41) is 0.970. The van der Waals surface area contributed by atoms with E-state index < -0.39 is 0 Å². The molecule has 106 valence electrons. The zero-order chi connectivity index (χ0) is 14.4. The Morgan fingerprint density at radius 2 is 1.45 bits per heavy atom. The van der Waals surface area contributed by atoms with Gasteiger partial charge in [0.2, 0.25) is 0 Å². The van der Waals surface area contributed by atoms with Crippen molar-refractivity contribution in [1.82, 2.24) is 0 Å². The maximum absolute atomic E-state index is 6.00. The number of methoxy groups -OCH3 is 1. The predicted molar refractivity (Wildman–Crippen MR) is 80.4 cm³/mol. The predicted octanol–water partition coefficient (Wildman–Crippen LogP) is 4.46. The first-order valence-corrected chi connectivity index (χ1v) is 6.80. The molecule has 0 unspecified atom stereocenters. The Balaban J connectivity index is 1.84. The fourth-order valence-corrected chi connectivity index (χ4v) is 2.12. The number of hydrogen-bond acceptors (Lipinski definition) is 3. The molecule has 0 radical (unpaired) electrons. The van der Waals surface area contributed by atoms with Crippen LogP contribution >= 0.6 is 23.2 Å². The summed E-state index contributed by atoms with van der Waals surface area (Å²) < 4.78 is 16.2. The molecule has 0 spiro atoms. The molecule has 0 saturated carbocycles. The maximum atomic E-state index is 6.00. The first kappa shape index (κ1) is 14.8. The van der Waals surface area contributed by atoms with E-state index in [0.717, 1.165) is 11.5 Å². The molecule has 0 heterocycles. The second-order valence-corrected chi connectivity index (χ2v) is 4.74. The number of ether oxygens (including phenoxy) is 3. The Kier molecular flexibility index (Phi) is 5.39. The highest BCUT2D eigenvalue weighted by atomic mass is 35.5. The first-order valence-electron chi connectivity index (χ1n) is 6.04. The molecule has 2 aromatic carbocycles. The van der Waals surface area contributed by atoms with E-state index in [1.54, 1.807) is 25.3 Å². The summed E-state index contributed by atoms with van der Waals surface area (Å²) in [5.41, 5.74) is 0. The third-order valence-electron chi connectivity index (χ3n) is 2.56. The Morgan fingerprint density at radius 3 is 2.15 bits per heavy atom. The average molecular weight is 313 g/mol. The van der Waals surface area contributed by atoms with Gasteiger partial charge >= 0.3 is 0 Å². The molecule has 0 bridgehead atoms. The van der Waals surface area contributed by atoms with Crippen molar-refractivity contribution >= 4 is 23.2 Å². The Hall–Kier alpha value is -1.58. The summed E-state index contributed by atoms with van der Waals surface area (Å²) in [6.07, 6.45) is 0. The van der Waals surface area contributed by atoms with Crippen molar-refractivity contribution in [2.24, 2.45) is 0 Å². The van der Waals surface area contributed by atoms with Crippen LogP contribution in [0.1, 0.15) is 0 Å². The van der Waals surface area contributed by atoms with Crippen molar-refractivity contribution < 1.29 is 14.2 Å². The molecule has 5 heteroatoms. The lowest BCUT2D eigenvalue weighted by Crippen LogP contribution is -2.09. The molecule has 0 saturated heterocycles. The minimum absolute atomic E-state index is 0.348. The van der Waals surface area contributed by atoms with Crippen LogP contribution in [0.15, 0.2) is 42.5 Å². The van der Waals surface area contributed by atoms with Crippen molar-refractivity contribution in [1.29, 1.82) is 0 Å². The van der Waals surface area contributed by atoms with Crippen molar-refractivity contribution in [2.45, 2.75) is 0 Å². The second kappa shape index (κ2) is 7.27. The molecule has 0 aliphatic carbocycles. The van der Waals surface area contributed by atoms with Crippen molar-refractivity contribution in [3.8, 4) is 17.2 Å². The van der Waals surface area contributed by atoms with Gasteiger partial charge in [-0.2, -0.15) is 0 Å². The normalized spacial score (nSPS) is 10.2. The Morgan fingerprint density at radius 1 is 0.850 bits per heavy atom. The Bertz CT molecular complexity index is 553. The molecular formula is C15H14Cl2O3. The van der Waals surface area contributed by atoms with Gasteiger partial charge in [0.15, 0.2) is 5.75 Å². The van der Waals surface area contributed by atoms with Gasteiger partial charge in [-0.15, -0.1) is 0 Å². The summed E-state index contributed by atoms with van der Waals surface area (Å²) in [6, 6.07) is 12.6. The second-order valence-electron chi connectivity index (χ2n) is 3.93. The van der Waals surface area contributed by atoms with Gasteiger partial charge in [-0.3, -0.25) is 0 Å². The van der Waals surface area contributed by atoms with Crippen LogP contribution in [0.25, 0.3) is 0 Å². The van der Waals surface area contributed by atoms with Crippen molar-refractivity contribution in [3.05, 3.63) is 52.5 Å². The van der Waals surface area contributed by atoms with Crippen molar-refractivity contribution in [3.63, 3.8) is 0 Å². The van der Waals surface area contributed by atoms with Gasteiger partial charge in [0.05, 0.1) is 17.2 Å². The molecule has 0 aliphatic heterocycles.